The van der Waals surface area contributed by atoms with Crippen molar-refractivity contribution in [1.29, 1.82) is 0 Å². The van der Waals surface area contributed by atoms with Gasteiger partial charge < -0.3 is 19.1 Å². The van der Waals surface area contributed by atoms with Crippen LogP contribution in [0, 0.1) is 0 Å². The third-order valence-electron chi connectivity index (χ3n) is 24.7. The van der Waals surface area contributed by atoms with Crippen LogP contribution in [0.4, 0.5) is 45.5 Å². The predicted octanol–water partition coefficient (Wildman–Crippen LogP) is 21.0. The average Bonchev–Trinajstić information content (AvgIpc) is 1.19. The van der Waals surface area contributed by atoms with Crippen LogP contribution in [0.5, 0.6) is 0 Å². The molecule has 4 nitrogen and oxygen atoms in total. The molecule has 448 valence electrons. The summed E-state index contributed by atoms with van der Waals surface area (Å²) in [5.74, 6) is 0. The highest BCUT2D eigenvalue weighted by Crippen LogP contribution is 2.63. The number of fused-ring (bicyclic) bond motifs is 13. The summed E-state index contributed by atoms with van der Waals surface area (Å²) in [4.78, 5) is 8.37. The van der Waals surface area contributed by atoms with Crippen molar-refractivity contribution in [2.24, 2.45) is 0 Å². The number of hydrogen-bond donors (Lipinski definition) is 0. The molecule has 1 saturated carbocycles. The van der Waals surface area contributed by atoms with Crippen molar-refractivity contribution >= 4 is 90.5 Å². The normalized spacial score (nSPS) is 23.4. The lowest BCUT2D eigenvalue weighted by Gasteiger charge is -2.51. The maximum Gasteiger partial charge on any atom is 0.252 e. The van der Waals surface area contributed by atoms with Gasteiger partial charge in [0.25, 0.3) is 6.71 Å². The van der Waals surface area contributed by atoms with Gasteiger partial charge in [-0.3, -0.25) is 0 Å². The SMILES string of the molecule is CC(C)(C)c1ccc(-c2ccc3c(c2)C2(C)CCCCC2(C)N3c2cc3c4c(c2)N(c2cccc5c2oc2ccccc25)c2cc5c(cc2B4c2cc4c(cc2N3c2ccc3c(c2)C(C)(C)CCC3(C)C)C(C)(C)CCC4(C)C)C(C)(C)CC5(C)C)cc1. The molecule has 5 heteroatoms. The van der Waals surface area contributed by atoms with Crippen LogP contribution >= 0.6 is 0 Å². The number of para-hydroxylation sites is 2. The highest BCUT2D eigenvalue weighted by atomic mass is 16.3. The molecule has 0 bridgehead atoms. The van der Waals surface area contributed by atoms with Gasteiger partial charge in [-0.05, 0) is 222 Å². The molecule has 9 aromatic rings. The minimum absolute atomic E-state index is 0.00352. The van der Waals surface area contributed by atoms with E-state index >= 15 is 0 Å². The Balaban J connectivity index is 1.05. The zero-order chi connectivity index (χ0) is 61.6. The maximum absolute atomic E-state index is 7.26. The van der Waals surface area contributed by atoms with E-state index in [0.29, 0.717) is 0 Å². The second-order valence-electron chi connectivity index (χ2n) is 34.1. The molecular formula is C83H92BN3O. The fourth-order valence-corrected chi connectivity index (χ4v) is 19.3. The minimum Gasteiger partial charge on any atom is -0.454 e. The highest BCUT2D eigenvalue weighted by molar-refractivity contribution is 7.00. The van der Waals surface area contributed by atoms with Gasteiger partial charge in [-0.25, -0.2) is 0 Å². The lowest BCUT2D eigenvalue weighted by molar-refractivity contribution is 0.195. The van der Waals surface area contributed by atoms with Crippen LogP contribution in [0.25, 0.3) is 33.1 Å². The van der Waals surface area contributed by atoms with Gasteiger partial charge in [0, 0.05) is 56.0 Å². The molecule has 2 unspecified atom stereocenters. The van der Waals surface area contributed by atoms with Gasteiger partial charge in [-0.1, -0.05) is 202 Å². The molecule has 16 rings (SSSR count). The molecule has 1 fully saturated rings. The zero-order valence-corrected chi connectivity index (χ0v) is 56.0. The number of hydrogen-bond acceptors (Lipinski definition) is 4. The summed E-state index contributed by atoms with van der Waals surface area (Å²) >= 11 is 0. The van der Waals surface area contributed by atoms with E-state index in [0.717, 1.165) is 66.2 Å². The molecule has 0 radical (unpaired) electrons. The van der Waals surface area contributed by atoms with Gasteiger partial charge in [-0.15, -0.1) is 0 Å². The fraction of sp³-hybridized carbons (Fsp3) is 0.422. The van der Waals surface area contributed by atoms with Crippen LogP contribution in [0.15, 0.2) is 144 Å². The van der Waals surface area contributed by atoms with Gasteiger partial charge in [0.05, 0.1) is 11.2 Å². The maximum atomic E-state index is 7.26. The first-order valence-corrected chi connectivity index (χ1v) is 33.7. The Kier molecular flexibility index (Phi) is 11.5. The van der Waals surface area contributed by atoms with Crippen molar-refractivity contribution in [2.45, 2.75) is 224 Å². The smallest absolute Gasteiger partial charge is 0.252 e. The molecule has 4 heterocycles. The van der Waals surface area contributed by atoms with Gasteiger partial charge in [0.1, 0.15) is 5.58 Å². The zero-order valence-electron chi connectivity index (χ0n) is 56.0. The number of nitrogens with zero attached hydrogens (tertiary/aromatic N) is 3. The second kappa shape index (κ2) is 17.9. The van der Waals surface area contributed by atoms with Gasteiger partial charge in [0.15, 0.2) is 5.58 Å². The van der Waals surface area contributed by atoms with E-state index in [4.69, 9.17) is 4.42 Å². The summed E-state index contributed by atoms with van der Waals surface area (Å²) in [5, 5.41) is 2.30. The first-order chi connectivity index (χ1) is 41.4. The first kappa shape index (κ1) is 56.3. The number of anilines is 8. The molecule has 0 N–H and O–H groups in total. The molecule has 4 aliphatic carbocycles. The largest absolute Gasteiger partial charge is 0.454 e. The van der Waals surface area contributed by atoms with Crippen LogP contribution < -0.4 is 31.1 Å². The summed E-state index contributed by atoms with van der Waals surface area (Å²) in [6, 6.07) is 56.5. The van der Waals surface area contributed by atoms with E-state index < -0.39 is 0 Å². The Bertz CT molecular complexity index is 4480. The van der Waals surface area contributed by atoms with E-state index in [9.17, 15) is 0 Å². The number of benzene rings is 8. The molecule has 8 aromatic carbocycles. The summed E-state index contributed by atoms with van der Waals surface area (Å²) in [5.41, 5.74) is 30.3. The second-order valence-corrected chi connectivity index (χ2v) is 34.1. The topological polar surface area (TPSA) is 22.9 Å². The molecule has 0 saturated heterocycles. The van der Waals surface area contributed by atoms with Crippen molar-refractivity contribution in [3.63, 3.8) is 0 Å². The average molecular weight is 1160 g/mol. The predicted molar refractivity (Wildman–Crippen MR) is 376 cm³/mol. The van der Waals surface area contributed by atoms with Gasteiger partial charge >= 0.3 is 0 Å². The third-order valence-corrected chi connectivity index (χ3v) is 24.7. The monoisotopic (exact) mass is 1160 g/mol. The summed E-state index contributed by atoms with van der Waals surface area (Å²) in [6.45, 7) is 42.2. The van der Waals surface area contributed by atoms with Crippen LogP contribution in [-0.2, 0) is 43.3 Å². The van der Waals surface area contributed by atoms with E-state index in [1.165, 1.54) is 131 Å². The van der Waals surface area contributed by atoms with E-state index in [2.05, 4.69) is 272 Å². The highest BCUT2D eigenvalue weighted by Gasteiger charge is 2.59. The molecule has 3 aliphatic heterocycles. The van der Waals surface area contributed by atoms with Crippen molar-refractivity contribution in [2.75, 3.05) is 14.7 Å². The van der Waals surface area contributed by atoms with E-state index in [1.54, 1.807) is 0 Å². The lowest BCUT2D eigenvalue weighted by Crippen LogP contribution is -2.62. The van der Waals surface area contributed by atoms with Crippen molar-refractivity contribution < 1.29 is 4.42 Å². The van der Waals surface area contributed by atoms with Crippen LogP contribution in [0.1, 0.15) is 220 Å². The number of rotatable bonds is 4. The molecule has 0 spiro atoms. The molecule has 0 amide bonds. The van der Waals surface area contributed by atoms with Crippen molar-refractivity contribution in [3.8, 4) is 11.1 Å². The molecular weight excluding hydrogens is 1070 g/mol. The Labute approximate surface area is 526 Å². The Hall–Kier alpha value is -6.98. The van der Waals surface area contributed by atoms with Gasteiger partial charge in [-0.2, -0.15) is 0 Å². The first-order valence-electron chi connectivity index (χ1n) is 33.7. The molecule has 2 atom stereocenters. The minimum atomic E-state index is -0.219. The summed E-state index contributed by atoms with van der Waals surface area (Å²) in [6.07, 6.45) is 10.4. The van der Waals surface area contributed by atoms with Crippen LogP contribution in [0.3, 0.4) is 0 Å². The third kappa shape index (κ3) is 7.70. The molecule has 7 aliphatic rings. The van der Waals surface area contributed by atoms with E-state index in [1.807, 2.05) is 0 Å². The Morgan fingerprint density at radius 2 is 0.943 bits per heavy atom. The number of furan rings is 1. The fourth-order valence-electron chi connectivity index (χ4n) is 19.3. The summed E-state index contributed by atoms with van der Waals surface area (Å²) in [7, 11) is 0. The molecule has 1 aromatic heterocycles. The summed E-state index contributed by atoms with van der Waals surface area (Å²) < 4.78 is 7.26. The molecule has 88 heavy (non-hydrogen) atoms. The lowest BCUT2D eigenvalue weighted by atomic mass is 9.33. The Morgan fingerprint density at radius 3 is 1.60 bits per heavy atom. The van der Waals surface area contributed by atoms with Crippen LogP contribution in [0.2, 0.25) is 0 Å². The standard InChI is InChI=1S/C83H92BN3O/c1-75(2,3)52-30-27-50(28-31-52)51-29-34-66-63(41-51)82(16)35-20-21-36-83(82,17)87(66)54-43-70-73-71(44-54)86(67-25-22-24-56-55-23-18-19-26-72(55)88-74(56)67)69-48-62-60(80(12,13)49-81(62,14)15)46-65(69)84(73)64-45-59-61(79(10,11)40-39-78(59,8)9)47-68(64)85(70)53-32-33-57-58(42-53)77(6,7)38-37-76(57,4)5/h18-19,22-34,41-48H,20-21,35-40,49H2,1-17H3. The van der Waals surface area contributed by atoms with Gasteiger partial charge in [0.2, 0.25) is 0 Å². The Morgan fingerprint density at radius 1 is 0.398 bits per heavy atom. The van der Waals surface area contributed by atoms with Crippen molar-refractivity contribution in [1.82, 2.24) is 0 Å². The van der Waals surface area contributed by atoms with Crippen LogP contribution in [-0.4, -0.2) is 12.3 Å². The van der Waals surface area contributed by atoms with E-state index in [-0.39, 0.29) is 55.6 Å². The van der Waals surface area contributed by atoms with Crippen molar-refractivity contribution in [3.05, 3.63) is 184 Å². The quantitative estimate of drug-likeness (QED) is 0.164.